The highest BCUT2D eigenvalue weighted by Crippen LogP contribution is 2.22. The number of benzene rings is 1. The van der Waals surface area contributed by atoms with Gasteiger partial charge in [-0.05, 0) is 13.0 Å². The fraction of sp³-hybridized carbons (Fsp3) is 0.364. The quantitative estimate of drug-likeness (QED) is 0.387. The minimum Gasteiger partial charge on any atom is -0.378 e. The summed E-state index contributed by atoms with van der Waals surface area (Å²) in [5.74, 6) is -0.251. The Balaban J connectivity index is 2.45. The van der Waals surface area contributed by atoms with Gasteiger partial charge in [-0.15, -0.1) is 0 Å². The van der Waals surface area contributed by atoms with Crippen molar-refractivity contribution in [3.8, 4) is 0 Å². The molecule has 98 valence electrons. The monoisotopic (exact) mass is 252 g/mol. The third-order valence-corrected chi connectivity index (χ3v) is 2.25. The number of nitrogens with two attached hydrogens (primary N) is 1. The van der Waals surface area contributed by atoms with Crippen molar-refractivity contribution in [3.63, 3.8) is 0 Å². The van der Waals surface area contributed by atoms with Crippen molar-refractivity contribution in [2.45, 2.75) is 13.0 Å². The number of carbonyl (C=O) groups excluding carboxylic acids is 1. The number of nitro groups is 1. The lowest BCUT2D eigenvalue weighted by atomic mass is 10.2. The molecule has 1 aromatic rings. The van der Waals surface area contributed by atoms with Gasteiger partial charge in [-0.3, -0.25) is 14.9 Å². The van der Waals surface area contributed by atoms with E-state index in [1.165, 1.54) is 6.07 Å². The zero-order chi connectivity index (χ0) is 13.5. The molecule has 1 amide bonds. The normalized spacial score (nSPS) is 11.7. The number of anilines is 1. The predicted octanol–water partition coefficient (Wildman–Crippen LogP) is 0.470. The first-order valence-corrected chi connectivity index (χ1v) is 5.53. The summed E-state index contributed by atoms with van der Waals surface area (Å²) in [5, 5.41) is 16.2. The highest BCUT2D eigenvalue weighted by Gasteiger charge is 2.11. The smallest absolute Gasteiger partial charge is 0.292 e. The molecule has 18 heavy (non-hydrogen) atoms. The molecule has 0 spiro atoms. The van der Waals surface area contributed by atoms with Crippen LogP contribution in [0.1, 0.15) is 6.92 Å². The first kappa shape index (κ1) is 13.9. The summed E-state index contributed by atoms with van der Waals surface area (Å²) in [4.78, 5) is 21.4. The Morgan fingerprint density at radius 2 is 2.11 bits per heavy atom. The molecule has 1 atom stereocenters. The molecule has 0 heterocycles. The van der Waals surface area contributed by atoms with E-state index < -0.39 is 11.0 Å². The average Bonchev–Trinajstić information content (AvgIpc) is 2.34. The molecule has 1 rings (SSSR count). The molecule has 7 heteroatoms. The molecule has 0 unspecified atom stereocenters. The number of hydrogen-bond donors (Lipinski definition) is 3. The Morgan fingerprint density at radius 3 is 2.72 bits per heavy atom. The molecule has 0 saturated heterocycles. The number of nitrogens with one attached hydrogen (secondary N) is 2. The summed E-state index contributed by atoms with van der Waals surface area (Å²) >= 11 is 0. The van der Waals surface area contributed by atoms with Gasteiger partial charge >= 0.3 is 0 Å². The molecule has 0 aliphatic rings. The second kappa shape index (κ2) is 6.55. The predicted molar refractivity (Wildman–Crippen MR) is 68.2 cm³/mol. The van der Waals surface area contributed by atoms with Gasteiger partial charge in [0, 0.05) is 19.2 Å². The molecule has 4 N–H and O–H groups in total. The molecule has 0 aromatic heterocycles. The van der Waals surface area contributed by atoms with Gasteiger partial charge in [0.05, 0.1) is 11.0 Å². The Morgan fingerprint density at radius 1 is 1.44 bits per heavy atom. The largest absolute Gasteiger partial charge is 0.378 e. The molecule has 0 bridgehead atoms. The van der Waals surface area contributed by atoms with Crippen LogP contribution in [0, 0.1) is 10.1 Å². The summed E-state index contributed by atoms with van der Waals surface area (Å²) in [5.41, 5.74) is 5.81. The molecular formula is C11H16N4O3. The molecule has 0 radical (unpaired) electrons. The Bertz CT molecular complexity index is 434. The van der Waals surface area contributed by atoms with E-state index in [2.05, 4.69) is 10.6 Å². The van der Waals surface area contributed by atoms with Crippen LogP contribution in [-0.4, -0.2) is 30.0 Å². The van der Waals surface area contributed by atoms with Crippen LogP contribution >= 0.6 is 0 Å². The third-order valence-electron chi connectivity index (χ3n) is 2.25. The molecule has 0 aliphatic carbocycles. The number of rotatable bonds is 6. The van der Waals surface area contributed by atoms with E-state index in [9.17, 15) is 14.9 Å². The Hall–Kier alpha value is -2.15. The molecule has 0 saturated carbocycles. The summed E-state index contributed by atoms with van der Waals surface area (Å²) in [7, 11) is 0. The third kappa shape index (κ3) is 4.02. The first-order valence-electron chi connectivity index (χ1n) is 5.53. The van der Waals surface area contributed by atoms with Crippen LogP contribution in [-0.2, 0) is 4.79 Å². The first-order chi connectivity index (χ1) is 8.52. The van der Waals surface area contributed by atoms with Crippen molar-refractivity contribution in [1.29, 1.82) is 0 Å². The van der Waals surface area contributed by atoms with Crippen LogP contribution in [0.4, 0.5) is 11.4 Å². The highest BCUT2D eigenvalue weighted by molar-refractivity contribution is 5.80. The Labute approximate surface area is 105 Å². The van der Waals surface area contributed by atoms with Crippen molar-refractivity contribution in [2.75, 3.05) is 18.4 Å². The van der Waals surface area contributed by atoms with Gasteiger partial charge in [0.1, 0.15) is 5.69 Å². The number of amides is 1. The van der Waals surface area contributed by atoms with E-state index in [0.29, 0.717) is 18.8 Å². The van der Waals surface area contributed by atoms with Crippen molar-refractivity contribution in [3.05, 3.63) is 34.4 Å². The molecule has 0 fully saturated rings. The van der Waals surface area contributed by atoms with Crippen LogP contribution in [0.2, 0.25) is 0 Å². The van der Waals surface area contributed by atoms with Gasteiger partial charge in [-0.2, -0.15) is 0 Å². The maximum Gasteiger partial charge on any atom is 0.292 e. The zero-order valence-electron chi connectivity index (χ0n) is 10.1. The lowest BCUT2D eigenvalue weighted by Gasteiger charge is -2.09. The van der Waals surface area contributed by atoms with E-state index >= 15 is 0 Å². The van der Waals surface area contributed by atoms with Crippen LogP contribution in [0.15, 0.2) is 24.3 Å². The number of para-hydroxylation sites is 2. The summed E-state index contributed by atoms with van der Waals surface area (Å²) in [6.45, 7) is 2.33. The van der Waals surface area contributed by atoms with Gasteiger partial charge in [0.25, 0.3) is 5.69 Å². The van der Waals surface area contributed by atoms with Crippen LogP contribution in [0.5, 0.6) is 0 Å². The summed E-state index contributed by atoms with van der Waals surface area (Å²) in [6.07, 6.45) is 0. The van der Waals surface area contributed by atoms with E-state index in [4.69, 9.17) is 5.73 Å². The fourth-order valence-corrected chi connectivity index (χ4v) is 1.33. The fourth-order valence-electron chi connectivity index (χ4n) is 1.33. The number of nitro benzene ring substituents is 1. The van der Waals surface area contributed by atoms with E-state index in [1.807, 2.05) is 0 Å². The summed E-state index contributed by atoms with van der Waals surface area (Å²) in [6, 6.07) is 5.78. The standard InChI is InChI=1S/C11H16N4O3/c1-8(12)11(16)14-7-6-13-9-4-2-3-5-10(9)15(17)18/h2-5,8,13H,6-7,12H2,1H3,(H,14,16)/t8-/m0/s1. The van der Waals surface area contributed by atoms with Crippen molar-refractivity contribution < 1.29 is 9.72 Å². The number of carbonyl (C=O) groups is 1. The molecule has 7 nitrogen and oxygen atoms in total. The van der Waals surface area contributed by atoms with E-state index in [1.54, 1.807) is 25.1 Å². The van der Waals surface area contributed by atoms with Crippen LogP contribution in [0.25, 0.3) is 0 Å². The molecular weight excluding hydrogens is 236 g/mol. The van der Waals surface area contributed by atoms with Crippen molar-refractivity contribution in [1.82, 2.24) is 5.32 Å². The second-order valence-corrected chi connectivity index (χ2v) is 3.78. The van der Waals surface area contributed by atoms with Crippen LogP contribution in [0.3, 0.4) is 0 Å². The van der Waals surface area contributed by atoms with Gasteiger partial charge in [-0.25, -0.2) is 0 Å². The maximum absolute atomic E-state index is 11.2. The Kier molecular flexibility index (Phi) is 5.06. The molecule has 0 aliphatic heterocycles. The SMILES string of the molecule is C[C@H](N)C(=O)NCCNc1ccccc1[N+](=O)[O-]. The minimum atomic E-state index is -0.559. The minimum absolute atomic E-state index is 0.0102. The van der Waals surface area contributed by atoms with Gasteiger partial charge in [0.15, 0.2) is 0 Å². The molecule has 1 aromatic carbocycles. The topological polar surface area (TPSA) is 110 Å². The number of hydrogen-bond acceptors (Lipinski definition) is 5. The highest BCUT2D eigenvalue weighted by atomic mass is 16.6. The zero-order valence-corrected chi connectivity index (χ0v) is 10.1. The van der Waals surface area contributed by atoms with Crippen LogP contribution < -0.4 is 16.4 Å². The van der Waals surface area contributed by atoms with Crippen molar-refractivity contribution >= 4 is 17.3 Å². The lowest BCUT2D eigenvalue weighted by molar-refractivity contribution is -0.384. The maximum atomic E-state index is 11.2. The van der Waals surface area contributed by atoms with E-state index in [0.717, 1.165) is 0 Å². The number of nitrogens with zero attached hydrogens (tertiary/aromatic N) is 1. The summed E-state index contributed by atoms with van der Waals surface area (Å²) < 4.78 is 0. The van der Waals surface area contributed by atoms with Gasteiger partial charge < -0.3 is 16.4 Å². The van der Waals surface area contributed by atoms with Gasteiger partial charge in [-0.1, -0.05) is 12.1 Å². The van der Waals surface area contributed by atoms with Crippen molar-refractivity contribution in [2.24, 2.45) is 5.73 Å². The average molecular weight is 252 g/mol. The lowest BCUT2D eigenvalue weighted by Crippen LogP contribution is -2.40. The van der Waals surface area contributed by atoms with Gasteiger partial charge in [0.2, 0.25) is 5.91 Å². The second-order valence-electron chi connectivity index (χ2n) is 3.78. The van der Waals surface area contributed by atoms with E-state index in [-0.39, 0.29) is 11.6 Å².